The van der Waals surface area contributed by atoms with Crippen LogP contribution in [0.25, 0.3) is 0 Å². The number of thioether (sulfide) groups is 1. The molecule has 0 N–H and O–H groups in total. The van der Waals surface area contributed by atoms with Crippen molar-refractivity contribution in [1.82, 2.24) is 40.4 Å². The number of unbranched alkanes of at least 4 members (excludes halogenated alkanes) is 1. The first-order chi connectivity index (χ1) is 9.50. The third kappa shape index (κ3) is 3.50. The Morgan fingerprint density at radius 3 is 2.35 bits per heavy atom. The first-order valence-electron chi connectivity index (χ1n) is 5.81. The predicted octanol–water partition coefficient (Wildman–Crippen LogP) is -0.920. The molecule has 0 aliphatic heterocycles. The second-order valence-corrected chi connectivity index (χ2v) is 7.11. The summed E-state index contributed by atoms with van der Waals surface area (Å²) < 4.78 is 26.6. The van der Waals surface area contributed by atoms with E-state index < -0.39 is 9.84 Å². The first kappa shape index (κ1) is 14.8. The van der Waals surface area contributed by atoms with Gasteiger partial charge in [-0.25, -0.2) is 17.8 Å². The average Bonchev–Trinajstić information content (AvgIpc) is 2.98. The van der Waals surface area contributed by atoms with E-state index in [4.69, 9.17) is 0 Å². The normalized spacial score (nSPS) is 11.9. The molecule has 10 nitrogen and oxygen atoms in total. The van der Waals surface area contributed by atoms with Crippen LogP contribution in [-0.2, 0) is 23.9 Å². The van der Waals surface area contributed by atoms with Gasteiger partial charge in [-0.3, -0.25) is 0 Å². The molecule has 2 heterocycles. The van der Waals surface area contributed by atoms with E-state index in [0.29, 0.717) is 11.6 Å². The van der Waals surface area contributed by atoms with Crippen LogP contribution in [0.2, 0.25) is 0 Å². The van der Waals surface area contributed by atoms with Gasteiger partial charge in [0.2, 0.25) is 15.0 Å². The topological polar surface area (TPSA) is 121 Å². The maximum atomic E-state index is 12.0. The second kappa shape index (κ2) is 6.26. The van der Waals surface area contributed by atoms with E-state index in [-0.39, 0.29) is 10.9 Å². The van der Waals surface area contributed by atoms with Crippen molar-refractivity contribution in [3.05, 3.63) is 0 Å². The molecule has 0 aliphatic carbocycles. The SMILES string of the molecule is Cn1nnnc1SCCCCS(=O)(=O)c1nnnn1C. The summed E-state index contributed by atoms with van der Waals surface area (Å²) in [4.78, 5) is 0. The van der Waals surface area contributed by atoms with Gasteiger partial charge in [0.1, 0.15) is 0 Å². The third-order valence-corrected chi connectivity index (χ3v) is 5.30. The number of hydrogen-bond acceptors (Lipinski definition) is 9. The van der Waals surface area contributed by atoms with Crippen LogP contribution in [-0.4, -0.2) is 60.3 Å². The molecule has 0 saturated carbocycles. The van der Waals surface area contributed by atoms with Crippen LogP contribution >= 0.6 is 11.8 Å². The van der Waals surface area contributed by atoms with Gasteiger partial charge in [0.25, 0.3) is 5.16 Å². The summed E-state index contributed by atoms with van der Waals surface area (Å²) in [5.41, 5.74) is 0. The molecule has 0 unspecified atom stereocenters. The molecule has 12 heteroatoms. The molecule has 2 aromatic heterocycles. The zero-order chi connectivity index (χ0) is 14.6. The number of tetrazole rings is 2. The van der Waals surface area contributed by atoms with Gasteiger partial charge in [0, 0.05) is 19.8 Å². The Bertz CT molecular complexity index is 664. The fourth-order valence-corrected chi connectivity index (χ4v) is 3.69. The number of sulfone groups is 1. The van der Waals surface area contributed by atoms with Crippen molar-refractivity contribution in [2.75, 3.05) is 11.5 Å². The van der Waals surface area contributed by atoms with Gasteiger partial charge >= 0.3 is 0 Å². The van der Waals surface area contributed by atoms with Crippen LogP contribution in [0.3, 0.4) is 0 Å². The number of hydrogen-bond donors (Lipinski definition) is 0. The summed E-state index contributed by atoms with van der Waals surface area (Å²) in [6, 6.07) is 0. The van der Waals surface area contributed by atoms with Crippen molar-refractivity contribution in [2.45, 2.75) is 23.2 Å². The number of rotatable bonds is 7. The molecule has 110 valence electrons. The van der Waals surface area contributed by atoms with E-state index in [1.54, 1.807) is 11.7 Å². The number of aryl methyl sites for hydroxylation is 2. The Morgan fingerprint density at radius 1 is 1.05 bits per heavy atom. The fourth-order valence-electron chi connectivity index (χ4n) is 1.48. The van der Waals surface area contributed by atoms with E-state index >= 15 is 0 Å². The largest absolute Gasteiger partial charge is 0.267 e. The van der Waals surface area contributed by atoms with Gasteiger partial charge in [-0.2, -0.15) is 0 Å². The molecule has 0 fully saturated rings. The molecule has 0 aliphatic rings. The smallest absolute Gasteiger partial charge is 0.224 e. The van der Waals surface area contributed by atoms with Gasteiger partial charge in [-0.05, 0) is 33.7 Å². The van der Waals surface area contributed by atoms with E-state index in [9.17, 15) is 8.42 Å². The summed E-state index contributed by atoms with van der Waals surface area (Å²) in [6.07, 6.45) is 1.27. The predicted molar refractivity (Wildman–Crippen MR) is 69.6 cm³/mol. The molecule has 0 spiro atoms. The van der Waals surface area contributed by atoms with Crippen LogP contribution in [0.4, 0.5) is 0 Å². The monoisotopic (exact) mass is 318 g/mol. The summed E-state index contributed by atoms with van der Waals surface area (Å²) in [5, 5.41) is 22.1. The summed E-state index contributed by atoms with van der Waals surface area (Å²) in [5.74, 6) is 0.777. The third-order valence-electron chi connectivity index (χ3n) is 2.48. The van der Waals surface area contributed by atoms with Crippen molar-refractivity contribution in [3.63, 3.8) is 0 Å². The minimum absolute atomic E-state index is 0.0266. The Balaban J connectivity index is 1.76. The van der Waals surface area contributed by atoms with E-state index in [1.807, 2.05) is 0 Å². The lowest BCUT2D eigenvalue weighted by Gasteiger charge is -2.02. The van der Waals surface area contributed by atoms with Gasteiger partial charge in [0.15, 0.2) is 0 Å². The second-order valence-electron chi connectivity index (χ2n) is 4.04. The maximum absolute atomic E-state index is 12.0. The summed E-state index contributed by atoms with van der Waals surface area (Å²) >= 11 is 1.49. The average molecular weight is 318 g/mol. The summed E-state index contributed by atoms with van der Waals surface area (Å²) in [6.45, 7) is 0. The van der Waals surface area contributed by atoms with Crippen molar-refractivity contribution >= 4 is 21.6 Å². The highest BCUT2D eigenvalue weighted by molar-refractivity contribution is 7.99. The molecule has 0 saturated heterocycles. The quantitative estimate of drug-likeness (QED) is 0.471. The lowest BCUT2D eigenvalue weighted by atomic mass is 10.4. The standard InChI is InChI=1S/C8H14N8O2S2/c1-15-7(9-11-13-15)19-5-3-4-6-20(17,18)8-10-12-14-16(8)2/h3-6H2,1-2H3. The van der Waals surface area contributed by atoms with Crippen LogP contribution < -0.4 is 0 Å². The van der Waals surface area contributed by atoms with Crippen molar-refractivity contribution in [2.24, 2.45) is 14.1 Å². The van der Waals surface area contributed by atoms with Crippen LogP contribution in [0.15, 0.2) is 10.3 Å². The van der Waals surface area contributed by atoms with Crippen LogP contribution in [0.1, 0.15) is 12.8 Å². The highest BCUT2D eigenvalue weighted by Crippen LogP contribution is 2.15. The molecule has 0 atom stereocenters. The highest BCUT2D eigenvalue weighted by atomic mass is 32.2. The minimum atomic E-state index is -3.42. The molecule has 20 heavy (non-hydrogen) atoms. The Morgan fingerprint density at radius 2 is 1.75 bits per heavy atom. The molecule has 0 radical (unpaired) electrons. The Hall–Kier alpha value is -1.56. The first-order valence-corrected chi connectivity index (χ1v) is 8.45. The molecule has 2 rings (SSSR count). The highest BCUT2D eigenvalue weighted by Gasteiger charge is 2.20. The fraction of sp³-hybridized carbons (Fsp3) is 0.750. The minimum Gasteiger partial charge on any atom is -0.224 e. The van der Waals surface area contributed by atoms with Gasteiger partial charge in [0.05, 0.1) is 5.75 Å². The Kier molecular flexibility index (Phi) is 4.65. The van der Waals surface area contributed by atoms with E-state index in [0.717, 1.165) is 16.9 Å². The maximum Gasteiger partial charge on any atom is 0.267 e. The lowest BCUT2D eigenvalue weighted by molar-refractivity contribution is 0.566. The van der Waals surface area contributed by atoms with Crippen molar-refractivity contribution < 1.29 is 8.42 Å². The number of aromatic nitrogens is 8. The van der Waals surface area contributed by atoms with Crippen molar-refractivity contribution in [3.8, 4) is 0 Å². The number of nitrogens with zero attached hydrogens (tertiary/aromatic N) is 8. The molecule has 0 bridgehead atoms. The van der Waals surface area contributed by atoms with E-state index in [1.165, 1.54) is 18.8 Å². The van der Waals surface area contributed by atoms with Gasteiger partial charge in [-0.15, -0.1) is 5.10 Å². The molecule has 0 aromatic carbocycles. The van der Waals surface area contributed by atoms with Gasteiger partial charge < -0.3 is 0 Å². The molecular weight excluding hydrogens is 304 g/mol. The molecule has 2 aromatic rings. The van der Waals surface area contributed by atoms with E-state index in [2.05, 4.69) is 31.1 Å². The zero-order valence-electron chi connectivity index (χ0n) is 11.0. The molecular formula is C8H14N8O2S2. The summed E-state index contributed by atoms with van der Waals surface area (Å²) in [7, 11) is -0.156. The molecule has 0 amide bonds. The lowest BCUT2D eigenvalue weighted by Crippen LogP contribution is -2.13. The Labute approximate surface area is 119 Å². The van der Waals surface area contributed by atoms with Crippen molar-refractivity contribution in [1.29, 1.82) is 0 Å². The van der Waals surface area contributed by atoms with Crippen LogP contribution in [0.5, 0.6) is 0 Å². The van der Waals surface area contributed by atoms with Crippen LogP contribution in [0, 0.1) is 0 Å². The zero-order valence-corrected chi connectivity index (χ0v) is 12.7. The van der Waals surface area contributed by atoms with Gasteiger partial charge in [-0.1, -0.05) is 16.9 Å².